The summed E-state index contributed by atoms with van der Waals surface area (Å²) >= 11 is 5.38. The van der Waals surface area contributed by atoms with Crippen molar-refractivity contribution in [3.8, 4) is 11.8 Å². The van der Waals surface area contributed by atoms with Crippen molar-refractivity contribution in [2.45, 2.75) is 12.8 Å². The molecular weight excluding hydrogens is 132 g/mol. The summed E-state index contributed by atoms with van der Waals surface area (Å²) in [5.41, 5.74) is 0. The fraction of sp³-hybridized carbons (Fsp3) is 0.500. The maximum Gasteiger partial charge on any atom is 0.0413 e. The molecule has 0 amide bonds. The molecule has 1 fully saturated rings. The predicted molar refractivity (Wildman–Crippen MR) is 40.4 cm³/mol. The van der Waals surface area contributed by atoms with Crippen molar-refractivity contribution in [2.24, 2.45) is 5.92 Å². The van der Waals surface area contributed by atoms with Crippen LogP contribution in [0.2, 0.25) is 0 Å². The molecule has 1 saturated carbocycles. The normalized spacial score (nSPS) is 17.4. The molecule has 0 aromatic carbocycles. The Labute approximate surface area is 60.9 Å². The molecule has 0 unspecified atom stereocenters. The van der Waals surface area contributed by atoms with Gasteiger partial charge in [0, 0.05) is 11.8 Å². The van der Waals surface area contributed by atoms with Crippen LogP contribution in [0.3, 0.4) is 0 Å². The van der Waals surface area contributed by atoms with Crippen LogP contribution in [0.4, 0.5) is 0 Å². The minimum absolute atomic E-state index is 0.569. The number of hydrogen-bond acceptors (Lipinski definition) is 0. The zero-order chi connectivity index (χ0) is 6.53. The van der Waals surface area contributed by atoms with E-state index in [0.29, 0.717) is 11.8 Å². The quantitative estimate of drug-likeness (QED) is 0.387. The monoisotopic (exact) mass is 140 g/mol. The topological polar surface area (TPSA) is 0 Å². The lowest BCUT2D eigenvalue weighted by Crippen LogP contribution is -1.61. The average molecular weight is 141 g/mol. The van der Waals surface area contributed by atoms with Gasteiger partial charge >= 0.3 is 0 Å². The largest absolute Gasteiger partial charge is 0.122 e. The van der Waals surface area contributed by atoms with Gasteiger partial charge in [-0.05, 0) is 18.9 Å². The first-order valence-corrected chi connectivity index (χ1v) is 3.69. The summed E-state index contributed by atoms with van der Waals surface area (Å²) in [5.74, 6) is 7.30. The van der Waals surface area contributed by atoms with Crippen LogP contribution < -0.4 is 0 Å². The summed E-state index contributed by atoms with van der Waals surface area (Å²) < 4.78 is 0. The van der Waals surface area contributed by atoms with E-state index in [1.807, 2.05) is 12.2 Å². The molecule has 0 nitrogen and oxygen atoms in total. The fourth-order valence-corrected chi connectivity index (χ4v) is 0.586. The molecule has 1 aliphatic carbocycles. The molecule has 1 heteroatoms. The molecule has 0 saturated heterocycles. The van der Waals surface area contributed by atoms with Gasteiger partial charge in [-0.1, -0.05) is 17.9 Å². The molecule has 0 N–H and O–H groups in total. The molecular formula is C8H9Cl. The van der Waals surface area contributed by atoms with E-state index in [9.17, 15) is 0 Å². The number of allylic oxidation sites excluding steroid dienone is 2. The fourth-order valence-electron chi connectivity index (χ4n) is 0.497. The highest BCUT2D eigenvalue weighted by molar-refractivity contribution is 6.18. The first-order valence-electron chi connectivity index (χ1n) is 3.15. The SMILES string of the molecule is ClC/C=C/C#CC1CC1. The number of halogens is 1. The second-order valence-corrected chi connectivity index (χ2v) is 2.43. The van der Waals surface area contributed by atoms with Crippen molar-refractivity contribution in [1.82, 2.24) is 0 Å². The third kappa shape index (κ3) is 3.21. The summed E-state index contributed by atoms with van der Waals surface area (Å²) in [6.07, 6.45) is 6.27. The molecule has 1 aliphatic rings. The van der Waals surface area contributed by atoms with Crippen LogP contribution in [0, 0.1) is 17.8 Å². The summed E-state index contributed by atoms with van der Waals surface area (Å²) in [6, 6.07) is 0. The minimum Gasteiger partial charge on any atom is -0.122 e. The van der Waals surface area contributed by atoms with E-state index in [-0.39, 0.29) is 0 Å². The van der Waals surface area contributed by atoms with Crippen LogP contribution >= 0.6 is 11.6 Å². The molecule has 0 radical (unpaired) electrons. The van der Waals surface area contributed by atoms with Crippen LogP contribution in [0.25, 0.3) is 0 Å². The smallest absolute Gasteiger partial charge is 0.0413 e. The molecule has 0 spiro atoms. The summed E-state index contributed by atoms with van der Waals surface area (Å²) in [5, 5.41) is 0. The van der Waals surface area contributed by atoms with E-state index in [1.54, 1.807) is 0 Å². The van der Waals surface area contributed by atoms with Gasteiger partial charge in [-0.15, -0.1) is 11.6 Å². The lowest BCUT2D eigenvalue weighted by atomic mass is 10.4. The van der Waals surface area contributed by atoms with E-state index in [1.165, 1.54) is 12.8 Å². The Morgan fingerprint density at radius 1 is 1.56 bits per heavy atom. The maximum absolute atomic E-state index is 5.38. The number of hydrogen-bond donors (Lipinski definition) is 0. The molecule has 0 aromatic heterocycles. The summed E-state index contributed by atoms with van der Waals surface area (Å²) in [7, 11) is 0. The summed E-state index contributed by atoms with van der Waals surface area (Å²) in [6.45, 7) is 0. The van der Waals surface area contributed by atoms with Gasteiger partial charge in [0.2, 0.25) is 0 Å². The van der Waals surface area contributed by atoms with Gasteiger partial charge in [-0.2, -0.15) is 0 Å². The van der Waals surface area contributed by atoms with E-state index in [2.05, 4.69) is 11.8 Å². The maximum atomic E-state index is 5.38. The van der Waals surface area contributed by atoms with Gasteiger partial charge in [0.15, 0.2) is 0 Å². The Hall–Kier alpha value is -0.410. The molecule has 9 heavy (non-hydrogen) atoms. The van der Waals surface area contributed by atoms with Crippen LogP contribution in [0.5, 0.6) is 0 Å². The molecule has 0 atom stereocenters. The van der Waals surface area contributed by atoms with Crippen molar-refractivity contribution in [1.29, 1.82) is 0 Å². The van der Waals surface area contributed by atoms with E-state index in [0.717, 1.165) is 0 Å². The van der Waals surface area contributed by atoms with Crippen molar-refractivity contribution in [3.63, 3.8) is 0 Å². The highest BCUT2D eigenvalue weighted by Gasteiger charge is 2.17. The van der Waals surface area contributed by atoms with Crippen LogP contribution in [0.1, 0.15) is 12.8 Å². The Morgan fingerprint density at radius 2 is 2.33 bits per heavy atom. The number of alkyl halides is 1. The molecule has 0 bridgehead atoms. The predicted octanol–water partition coefficient (Wildman–Crippen LogP) is 2.19. The molecule has 48 valence electrons. The molecule has 0 aromatic rings. The zero-order valence-corrected chi connectivity index (χ0v) is 5.99. The second kappa shape index (κ2) is 3.58. The van der Waals surface area contributed by atoms with Gasteiger partial charge in [0.25, 0.3) is 0 Å². The Balaban J connectivity index is 2.16. The van der Waals surface area contributed by atoms with Crippen molar-refractivity contribution < 1.29 is 0 Å². The van der Waals surface area contributed by atoms with E-state index >= 15 is 0 Å². The van der Waals surface area contributed by atoms with Crippen molar-refractivity contribution in [2.75, 3.05) is 5.88 Å². The standard InChI is InChI=1S/C8H9Cl/c9-7-3-1-2-4-8-5-6-8/h1,3,8H,5-7H2/b3-1+. The molecule has 1 rings (SSSR count). The first-order chi connectivity index (χ1) is 4.43. The van der Waals surface area contributed by atoms with Gasteiger partial charge in [-0.3, -0.25) is 0 Å². The van der Waals surface area contributed by atoms with E-state index in [4.69, 9.17) is 11.6 Å². The average Bonchev–Trinajstić information content (AvgIpc) is 2.63. The van der Waals surface area contributed by atoms with Crippen molar-refractivity contribution >= 4 is 11.6 Å². The number of rotatable bonds is 1. The van der Waals surface area contributed by atoms with Gasteiger partial charge in [-0.25, -0.2) is 0 Å². The highest BCUT2D eigenvalue weighted by Crippen LogP contribution is 2.27. The van der Waals surface area contributed by atoms with Gasteiger partial charge < -0.3 is 0 Å². The first kappa shape index (κ1) is 6.71. The highest BCUT2D eigenvalue weighted by atomic mass is 35.5. The van der Waals surface area contributed by atoms with Crippen LogP contribution in [0.15, 0.2) is 12.2 Å². The van der Waals surface area contributed by atoms with Crippen molar-refractivity contribution in [3.05, 3.63) is 12.2 Å². The molecule has 0 heterocycles. The zero-order valence-electron chi connectivity index (χ0n) is 5.23. The van der Waals surface area contributed by atoms with Gasteiger partial charge in [0.05, 0.1) is 0 Å². The Morgan fingerprint density at radius 3 is 2.89 bits per heavy atom. The van der Waals surface area contributed by atoms with Gasteiger partial charge in [0.1, 0.15) is 0 Å². The Bertz CT molecular complexity index is 155. The Kier molecular flexibility index (Phi) is 2.67. The minimum atomic E-state index is 0.569. The lowest BCUT2D eigenvalue weighted by Gasteiger charge is -1.69. The third-order valence-corrected chi connectivity index (χ3v) is 1.33. The summed E-state index contributed by atoms with van der Waals surface area (Å²) in [4.78, 5) is 0. The second-order valence-electron chi connectivity index (χ2n) is 2.12. The van der Waals surface area contributed by atoms with Crippen LogP contribution in [-0.2, 0) is 0 Å². The van der Waals surface area contributed by atoms with Crippen LogP contribution in [-0.4, -0.2) is 5.88 Å². The lowest BCUT2D eigenvalue weighted by molar-refractivity contribution is 1.18. The molecule has 0 aliphatic heterocycles. The third-order valence-electron chi connectivity index (χ3n) is 1.16. The van der Waals surface area contributed by atoms with E-state index < -0.39 is 0 Å².